The van der Waals surface area contributed by atoms with E-state index in [9.17, 15) is 14.7 Å². The number of nitrogens with zero attached hydrogens (tertiary/aromatic N) is 1. The molecule has 1 heterocycles. The summed E-state index contributed by atoms with van der Waals surface area (Å²) in [5, 5.41) is 10.9. The number of benzene rings is 2. The number of ether oxygens (including phenoxy) is 1. The molecule has 1 fully saturated rings. The van der Waals surface area contributed by atoms with Crippen LogP contribution in [0.3, 0.4) is 0 Å². The Balaban J connectivity index is 2.12. The van der Waals surface area contributed by atoms with Gasteiger partial charge < -0.3 is 14.7 Å². The summed E-state index contributed by atoms with van der Waals surface area (Å²) >= 11 is 3.45. The Morgan fingerprint density at radius 1 is 1.18 bits per heavy atom. The van der Waals surface area contributed by atoms with E-state index in [2.05, 4.69) is 15.9 Å². The molecule has 0 saturated carbocycles. The lowest BCUT2D eigenvalue weighted by atomic mass is 9.95. The van der Waals surface area contributed by atoms with Gasteiger partial charge in [0.1, 0.15) is 5.76 Å². The Hall–Kier alpha value is -2.44. The van der Waals surface area contributed by atoms with Crippen LogP contribution in [0.25, 0.3) is 5.76 Å². The van der Waals surface area contributed by atoms with Gasteiger partial charge in [-0.2, -0.15) is 0 Å². The van der Waals surface area contributed by atoms with Crippen LogP contribution in [0.2, 0.25) is 0 Å². The number of amides is 1. The summed E-state index contributed by atoms with van der Waals surface area (Å²) in [6.45, 7) is 2.78. The molecule has 28 heavy (non-hydrogen) atoms. The average molecular weight is 444 g/mol. The van der Waals surface area contributed by atoms with Gasteiger partial charge in [0.2, 0.25) is 0 Å². The summed E-state index contributed by atoms with van der Waals surface area (Å²) in [5.74, 6) is -1.42. The zero-order valence-electron chi connectivity index (χ0n) is 15.8. The Kier molecular flexibility index (Phi) is 6.31. The molecule has 0 bridgehead atoms. The number of hydrogen-bond acceptors (Lipinski definition) is 4. The van der Waals surface area contributed by atoms with Crippen molar-refractivity contribution in [3.05, 3.63) is 75.3 Å². The zero-order chi connectivity index (χ0) is 20.3. The van der Waals surface area contributed by atoms with Gasteiger partial charge in [0.05, 0.1) is 11.6 Å². The fourth-order valence-electron chi connectivity index (χ4n) is 3.38. The van der Waals surface area contributed by atoms with Crippen LogP contribution in [0.5, 0.6) is 0 Å². The molecule has 0 aliphatic carbocycles. The highest BCUT2D eigenvalue weighted by Crippen LogP contribution is 2.40. The number of ketones is 1. The predicted molar refractivity (Wildman–Crippen MR) is 111 cm³/mol. The van der Waals surface area contributed by atoms with E-state index < -0.39 is 17.7 Å². The van der Waals surface area contributed by atoms with E-state index in [0.717, 1.165) is 15.6 Å². The van der Waals surface area contributed by atoms with Gasteiger partial charge in [-0.05, 0) is 31.0 Å². The molecule has 0 radical (unpaired) electrons. The van der Waals surface area contributed by atoms with Crippen LogP contribution in [0.15, 0.2) is 58.6 Å². The first-order valence-electron chi connectivity index (χ1n) is 9.04. The normalized spacial score (nSPS) is 18.7. The highest BCUT2D eigenvalue weighted by atomic mass is 79.9. The van der Waals surface area contributed by atoms with Crippen LogP contribution >= 0.6 is 15.9 Å². The first kappa shape index (κ1) is 20.3. The Labute approximate surface area is 172 Å². The molecule has 146 valence electrons. The van der Waals surface area contributed by atoms with Gasteiger partial charge in [0.15, 0.2) is 0 Å². The number of aliphatic hydroxyl groups excluding tert-OH is 1. The average Bonchev–Trinajstić information content (AvgIpc) is 2.93. The zero-order valence-corrected chi connectivity index (χ0v) is 17.4. The summed E-state index contributed by atoms with van der Waals surface area (Å²) < 4.78 is 5.92. The molecule has 1 atom stereocenters. The minimum atomic E-state index is -0.666. The lowest BCUT2D eigenvalue weighted by Crippen LogP contribution is -2.31. The van der Waals surface area contributed by atoms with Crippen LogP contribution in [0.1, 0.15) is 29.2 Å². The molecular formula is C22H22BrNO4. The first-order valence-corrected chi connectivity index (χ1v) is 9.83. The molecular weight excluding hydrogens is 422 g/mol. The molecule has 2 aromatic carbocycles. The molecule has 0 spiro atoms. The van der Waals surface area contributed by atoms with E-state index in [1.165, 1.54) is 4.90 Å². The van der Waals surface area contributed by atoms with Gasteiger partial charge >= 0.3 is 0 Å². The molecule has 1 aliphatic rings. The molecule has 0 unspecified atom stereocenters. The number of aliphatic hydroxyl groups is 1. The highest BCUT2D eigenvalue weighted by molar-refractivity contribution is 9.10. The van der Waals surface area contributed by atoms with Crippen molar-refractivity contribution in [2.24, 2.45) is 0 Å². The molecule has 3 rings (SSSR count). The number of carbonyl (C=O) groups is 2. The number of likely N-dealkylation sites (tertiary alicyclic amines) is 1. The molecule has 1 saturated heterocycles. The van der Waals surface area contributed by atoms with Crippen molar-refractivity contribution in [2.75, 3.05) is 20.3 Å². The van der Waals surface area contributed by atoms with Gasteiger partial charge in [-0.25, -0.2) is 0 Å². The minimum Gasteiger partial charge on any atom is -0.507 e. The molecule has 2 aromatic rings. The van der Waals surface area contributed by atoms with Gasteiger partial charge in [0.25, 0.3) is 11.7 Å². The number of hydrogen-bond donors (Lipinski definition) is 1. The van der Waals surface area contributed by atoms with Crippen LogP contribution in [0, 0.1) is 6.92 Å². The summed E-state index contributed by atoms with van der Waals surface area (Å²) in [5.41, 5.74) is 2.43. The van der Waals surface area contributed by atoms with Crippen molar-refractivity contribution in [1.29, 1.82) is 0 Å². The SMILES string of the molecule is COCCCN1C(=O)C(=O)C(=C(O)c2ccc(C)cc2)[C@H]1c1cccc(Br)c1. The maximum absolute atomic E-state index is 12.8. The topological polar surface area (TPSA) is 66.8 Å². The number of methoxy groups -OCH3 is 1. The fourth-order valence-corrected chi connectivity index (χ4v) is 3.80. The number of halogens is 1. The molecule has 0 aromatic heterocycles. The molecule has 1 amide bonds. The Morgan fingerprint density at radius 3 is 2.54 bits per heavy atom. The second-order valence-electron chi connectivity index (χ2n) is 6.76. The summed E-state index contributed by atoms with van der Waals surface area (Å²) in [6, 6.07) is 14.0. The molecule has 5 nitrogen and oxygen atoms in total. The van der Waals surface area contributed by atoms with Crippen LogP contribution in [-0.2, 0) is 14.3 Å². The molecule has 1 aliphatic heterocycles. The summed E-state index contributed by atoms with van der Waals surface area (Å²) in [7, 11) is 1.59. The maximum atomic E-state index is 12.8. The van der Waals surface area contributed by atoms with Gasteiger partial charge in [-0.1, -0.05) is 57.9 Å². The summed E-state index contributed by atoms with van der Waals surface area (Å²) in [4.78, 5) is 27.1. The second-order valence-corrected chi connectivity index (χ2v) is 7.68. The molecule has 6 heteroatoms. The Bertz CT molecular complexity index is 920. The van der Waals surface area contributed by atoms with Gasteiger partial charge in [-0.3, -0.25) is 9.59 Å². The van der Waals surface area contributed by atoms with Crippen molar-refractivity contribution in [3.63, 3.8) is 0 Å². The van der Waals surface area contributed by atoms with Gasteiger partial charge in [0, 0.05) is 30.3 Å². The van der Waals surface area contributed by atoms with Crippen molar-refractivity contribution < 1.29 is 19.4 Å². The molecule has 1 N–H and O–H groups in total. The third-order valence-corrected chi connectivity index (χ3v) is 5.27. The largest absolute Gasteiger partial charge is 0.507 e. The number of rotatable bonds is 6. The quantitative estimate of drug-likeness (QED) is 0.314. The monoisotopic (exact) mass is 443 g/mol. The van der Waals surface area contributed by atoms with Crippen LogP contribution in [0.4, 0.5) is 0 Å². The minimum absolute atomic E-state index is 0.115. The predicted octanol–water partition coefficient (Wildman–Crippen LogP) is 4.22. The van der Waals surface area contributed by atoms with E-state index in [-0.39, 0.29) is 11.3 Å². The third kappa shape index (κ3) is 4.03. The smallest absolute Gasteiger partial charge is 0.295 e. The maximum Gasteiger partial charge on any atom is 0.295 e. The summed E-state index contributed by atoms with van der Waals surface area (Å²) in [6.07, 6.45) is 0.596. The second kappa shape index (κ2) is 8.71. The number of Topliss-reactive ketones (excluding diaryl/α,β-unsaturated/α-hetero) is 1. The Morgan fingerprint density at radius 2 is 1.89 bits per heavy atom. The van der Waals surface area contributed by atoms with Crippen LogP contribution in [-0.4, -0.2) is 42.0 Å². The van der Waals surface area contributed by atoms with Gasteiger partial charge in [-0.15, -0.1) is 0 Å². The lowest BCUT2D eigenvalue weighted by Gasteiger charge is -2.25. The van der Waals surface area contributed by atoms with Crippen molar-refractivity contribution in [3.8, 4) is 0 Å². The lowest BCUT2D eigenvalue weighted by molar-refractivity contribution is -0.140. The van der Waals surface area contributed by atoms with Crippen LogP contribution < -0.4 is 0 Å². The van der Waals surface area contributed by atoms with E-state index in [4.69, 9.17) is 4.74 Å². The van der Waals surface area contributed by atoms with Crippen molar-refractivity contribution in [2.45, 2.75) is 19.4 Å². The van der Waals surface area contributed by atoms with E-state index in [0.29, 0.717) is 25.1 Å². The first-order chi connectivity index (χ1) is 13.4. The van der Waals surface area contributed by atoms with E-state index in [1.54, 1.807) is 19.2 Å². The standard InChI is InChI=1S/C22H22BrNO4/c1-14-7-9-15(10-8-14)20(25)18-19(16-5-3-6-17(23)13-16)24(11-4-12-28-2)22(27)21(18)26/h3,5-10,13,19,25H,4,11-12H2,1-2H3/t19-/m1/s1. The number of carbonyl (C=O) groups excluding carboxylic acids is 2. The highest BCUT2D eigenvalue weighted by Gasteiger charge is 2.45. The number of aryl methyl sites for hydroxylation is 1. The van der Waals surface area contributed by atoms with Crippen molar-refractivity contribution in [1.82, 2.24) is 4.90 Å². The van der Waals surface area contributed by atoms with Crippen molar-refractivity contribution >= 4 is 33.4 Å². The van der Waals surface area contributed by atoms with E-state index >= 15 is 0 Å². The van der Waals surface area contributed by atoms with E-state index in [1.807, 2.05) is 43.3 Å². The third-order valence-electron chi connectivity index (χ3n) is 4.78. The fraction of sp³-hybridized carbons (Fsp3) is 0.273.